The minimum absolute atomic E-state index is 0.137. The first-order chi connectivity index (χ1) is 14.3. The molecule has 0 spiro atoms. The molecule has 1 unspecified atom stereocenters. The summed E-state index contributed by atoms with van der Waals surface area (Å²) < 4.78 is 26.4. The quantitative estimate of drug-likeness (QED) is 0.480. The number of hydrogen-bond donors (Lipinski definition) is 3. The Morgan fingerprint density at radius 2 is 1.83 bits per heavy atom. The Morgan fingerprint density at radius 1 is 1.13 bits per heavy atom. The van der Waals surface area contributed by atoms with Crippen molar-refractivity contribution < 1.29 is 13.2 Å². The molecule has 30 heavy (non-hydrogen) atoms. The van der Waals surface area contributed by atoms with Crippen molar-refractivity contribution in [2.75, 3.05) is 6.54 Å². The topological polar surface area (TPSA) is 104 Å². The van der Waals surface area contributed by atoms with Gasteiger partial charge in [0.2, 0.25) is 15.9 Å². The Kier molecular flexibility index (Phi) is 6.69. The maximum absolute atomic E-state index is 12.5. The van der Waals surface area contributed by atoms with Crippen molar-refractivity contribution in [2.45, 2.75) is 31.7 Å². The van der Waals surface area contributed by atoms with Crippen molar-refractivity contribution in [3.05, 3.63) is 66.0 Å². The van der Waals surface area contributed by atoms with Gasteiger partial charge in [0.15, 0.2) is 0 Å². The summed E-state index contributed by atoms with van der Waals surface area (Å²) in [6.07, 6.45) is 3.08. The summed E-state index contributed by atoms with van der Waals surface area (Å²) in [4.78, 5) is 20.5. The molecule has 0 radical (unpaired) electrons. The van der Waals surface area contributed by atoms with Crippen LogP contribution < -0.4 is 10.0 Å². The van der Waals surface area contributed by atoms with Crippen LogP contribution in [0.5, 0.6) is 0 Å². The number of nitrogens with one attached hydrogen (secondary N) is 3. The fraction of sp³-hybridized carbons (Fsp3) is 0.273. The van der Waals surface area contributed by atoms with Crippen molar-refractivity contribution in [3.8, 4) is 0 Å². The monoisotopic (exact) mass is 426 g/mol. The zero-order valence-electron chi connectivity index (χ0n) is 17.2. The molecular weight excluding hydrogens is 400 g/mol. The highest BCUT2D eigenvalue weighted by Crippen LogP contribution is 2.22. The fourth-order valence-electron chi connectivity index (χ4n) is 3.08. The number of rotatable bonds is 8. The van der Waals surface area contributed by atoms with Gasteiger partial charge in [0.05, 0.1) is 22.0 Å². The number of carbonyl (C=O) groups excluding carboxylic acids is 1. The van der Waals surface area contributed by atoms with E-state index < -0.39 is 10.0 Å². The minimum Gasteiger partial charge on any atom is -0.342 e. The average Bonchev–Trinajstić information content (AvgIpc) is 3.14. The lowest BCUT2D eigenvalue weighted by atomic mass is 10.0. The predicted molar refractivity (Wildman–Crippen MR) is 118 cm³/mol. The van der Waals surface area contributed by atoms with E-state index in [1.54, 1.807) is 25.1 Å². The molecule has 0 fully saturated rings. The number of imidazole rings is 1. The molecule has 3 aromatic rings. The van der Waals surface area contributed by atoms with Crippen molar-refractivity contribution in [1.82, 2.24) is 20.0 Å². The molecule has 8 heteroatoms. The van der Waals surface area contributed by atoms with E-state index in [0.717, 1.165) is 16.6 Å². The van der Waals surface area contributed by atoms with E-state index in [1.807, 2.05) is 38.1 Å². The van der Waals surface area contributed by atoms with Crippen LogP contribution in [0.4, 0.5) is 0 Å². The molecule has 0 saturated heterocycles. The molecule has 0 aliphatic heterocycles. The normalized spacial score (nSPS) is 13.2. The maximum Gasteiger partial charge on any atom is 0.244 e. The van der Waals surface area contributed by atoms with E-state index >= 15 is 0 Å². The summed E-state index contributed by atoms with van der Waals surface area (Å²) in [7, 11) is -3.49. The molecule has 0 aliphatic rings. The minimum atomic E-state index is -3.49. The number of fused-ring (bicyclic) bond motifs is 1. The van der Waals surface area contributed by atoms with Gasteiger partial charge in [-0.15, -0.1) is 0 Å². The summed E-state index contributed by atoms with van der Waals surface area (Å²) in [5.74, 6) is 0.600. The molecule has 1 aromatic heterocycles. The lowest BCUT2D eigenvalue weighted by Gasteiger charge is -2.19. The van der Waals surface area contributed by atoms with Gasteiger partial charge in [0, 0.05) is 12.6 Å². The highest BCUT2D eigenvalue weighted by Gasteiger charge is 2.21. The third-order valence-corrected chi connectivity index (χ3v) is 6.18. The van der Waals surface area contributed by atoms with Crippen LogP contribution in [-0.2, 0) is 14.8 Å². The van der Waals surface area contributed by atoms with Crippen LogP contribution in [0.3, 0.4) is 0 Å². The molecule has 0 saturated carbocycles. The molecule has 0 aliphatic carbocycles. The van der Waals surface area contributed by atoms with E-state index in [0.29, 0.717) is 12.4 Å². The van der Waals surface area contributed by atoms with Crippen molar-refractivity contribution in [3.63, 3.8) is 0 Å². The number of amides is 1. The van der Waals surface area contributed by atoms with Gasteiger partial charge < -0.3 is 10.3 Å². The molecule has 1 heterocycles. The first-order valence-corrected chi connectivity index (χ1v) is 11.3. The third kappa shape index (κ3) is 5.14. The third-order valence-electron chi connectivity index (χ3n) is 4.62. The van der Waals surface area contributed by atoms with Gasteiger partial charge in [0.1, 0.15) is 5.82 Å². The molecule has 7 nitrogen and oxygen atoms in total. The van der Waals surface area contributed by atoms with Crippen molar-refractivity contribution in [2.24, 2.45) is 5.92 Å². The Hall–Kier alpha value is -2.97. The molecule has 1 amide bonds. The Labute approximate surface area is 176 Å². The number of sulfonamides is 1. The second-order valence-electron chi connectivity index (χ2n) is 7.27. The number of nitrogens with zero attached hydrogens (tertiary/aromatic N) is 1. The molecule has 2 aromatic carbocycles. The van der Waals surface area contributed by atoms with Crippen molar-refractivity contribution in [1.29, 1.82) is 0 Å². The van der Waals surface area contributed by atoms with E-state index in [1.165, 1.54) is 18.2 Å². The van der Waals surface area contributed by atoms with Crippen molar-refractivity contribution >= 4 is 33.0 Å². The van der Waals surface area contributed by atoms with Gasteiger partial charge in [-0.05, 0) is 41.8 Å². The highest BCUT2D eigenvalue weighted by molar-refractivity contribution is 7.89. The smallest absolute Gasteiger partial charge is 0.244 e. The van der Waals surface area contributed by atoms with Crippen LogP contribution in [0.1, 0.15) is 38.2 Å². The first kappa shape index (κ1) is 21.7. The number of aromatic amines is 1. The van der Waals surface area contributed by atoms with E-state index in [4.69, 9.17) is 0 Å². The van der Waals surface area contributed by atoms with Gasteiger partial charge in [-0.25, -0.2) is 18.1 Å². The number of aromatic nitrogens is 2. The van der Waals surface area contributed by atoms with E-state index in [9.17, 15) is 13.2 Å². The van der Waals surface area contributed by atoms with Crippen LogP contribution in [-0.4, -0.2) is 30.8 Å². The summed E-state index contributed by atoms with van der Waals surface area (Å²) in [5.41, 5.74) is 2.51. The second-order valence-corrected chi connectivity index (χ2v) is 9.04. The van der Waals surface area contributed by atoms with Crippen LogP contribution in [0.15, 0.2) is 59.5 Å². The molecular formula is C22H26N4O3S. The van der Waals surface area contributed by atoms with Gasteiger partial charge in [-0.1, -0.05) is 45.0 Å². The van der Waals surface area contributed by atoms with Crippen LogP contribution in [0, 0.1) is 5.92 Å². The first-order valence-electron chi connectivity index (χ1n) is 9.83. The number of carbonyl (C=O) groups is 1. The van der Waals surface area contributed by atoms with Crippen LogP contribution in [0.2, 0.25) is 0 Å². The average molecular weight is 427 g/mol. The molecule has 1 atom stereocenters. The summed E-state index contributed by atoms with van der Waals surface area (Å²) in [5, 5.41) is 2.99. The SMILES string of the molecule is CCNS(=O)(=O)c1ccc(/C=C/C(=O)NC(c2nc3ccccc3[nH]2)C(C)C)cc1. The summed E-state index contributed by atoms with van der Waals surface area (Å²) >= 11 is 0. The number of para-hydroxylation sites is 2. The van der Waals surface area contributed by atoms with Gasteiger partial charge in [-0.2, -0.15) is 0 Å². The predicted octanol–water partition coefficient (Wildman–Crippen LogP) is 3.39. The van der Waals surface area contributed by atoms with E-state index in [-0.39, 0.29) is 22.8 Å². The lowest BCUT2D eigenvalue weighted by Crippen LogP contribution is -2.31. The molecule has 158 valence electrons. The zero-order chi connectivity index (χ0) is 21.7. The lowest BCUT2D eigenvalue weighted by molar-refractivity contribution is -0.117. The van der Waals surface area contributed by atoms with Gasteiger partial charge in [-0.3, -0.25) is 4.79 Å². The van der Waals surface area contributed by atoms with E-state index in [2.05, 4.69) is 20.0 Å². The fourth-order valence-corrected chi connectivity index (χ4v) is 4.12. The number of benzene rings is 2. The molecule has 3 rings (SSSR count). The van der Waals surface area contributed by atoms with Crippen LogP contribution >= 0.6 is 0 Å². The Bertz CT molecular complexity index is 1120. The molecule has 0 bridgehead atoms. The summed E-state index contributed by atoms with van der Waals surface area (Å²) in [6.45, 7) is 6.09. The maximum atomic E-state index is 12.5. The number of hydrogen-bond acceptors (Lipinski definition) is 4. The zero-order valence-corrected chi connectivity index (χ0v) is 18.0. The summed E-state index contributed by atoms with van der Waals surface area (Å²) in [6, 6.07) is 13.8. The second kappa shape index (κ2) is 9.23. The van der Waals surface area contributed by atoms with Gasteiger partial charge in [0.25, 0.3) is 0 Å². The number of H-pyrrole nitrogens is 1. The Balaban J connectivity index is 1.70. The standard InChI is InChI=1S/C22H26N4O3S/c1-4-23-30(28,29)17-12-9-16(10-13-17)11-14-20(27)26-21(15(2)3)22-24-18-7-5-6-8-19(18)25-22/h5-15,21,23H,4H2,1-3H3,(H,24,25)(H,26,27)/b14-11+. The van der Waals surface area contributed by atoms with Gasteiger partial charge >= 0.3 is 0 Å². The Morgan fingerprint density at radius 3 is 2.47 bits per heavy atom. The largest absolute Gasteiger partial charge is 0.342 e. The highest BCUT2D eigenvalue weighted by atomic mass is 32.2. The molecule has 3 N–H and O–H groups in total. The van der Waals surface area contributed by atoms with Crippen LogP contribution in [0.25, 0.3) is 17.1 Å².